The van der Waals surface area contributed by atoms with Crippen LogP contribution in [0.5, 0.6) is 11.5 Å². The lowest BCUT2D eigenvalue weighted by Gasteiger charge is -2.08. The number of rotatable bonds is 6. The van der Waals surface area contributed by atoms with Crippen LogP contribution in [0.25, 0.3) is 11.0 Å². The largest absolute Gasteiger partial charge is 0.482 e. The van der Waals surface area contributed by atoms with Crippen molar-refractivity contribution in [3.05, 3.63) is 70.1 Å². The highest BCUT2D eigenvalue weighted by atomic mass is 16.6. The molecular weight excluding hydrogens is 348 g/mol. The Bertz CT molecular complexity index is 1050. The van der Waals surface area contributed by atoms with Crippen LogP contribution >= 0.6 is 0 Å². The molecule has 0 spiro atoms. The summed E-state index contributed by atoms with van der Waals surface area (Å²) in [5.74, 6) is 0.158. The number of carbonyl (C=O) groups excluding carboxylic acids is 2. The van der Waals surface area contributed by atoms with Crippen molar-refractivity contribution in [2.24, 2.45) is 0 Å². The van der Waals surface area contributed by atoms with Gasteiger partial charge in [-0.25, -0.2) is 9.59 Å². The Labute approximate surface area is 155 Å². The van der Waals surface area contributed by atoms with E-state index in [0.29, 0.717) is 23.3 Å². The number of fused-ring (bicyclic) bond motifs is 1. The number of hydrogen-bond donors (Lipinski definition) is 0. The Morgan fingerprint density at radius 2 is 1.70 bits per heavy atom. The minimum atomic E-state index is -0.599. The molecular formula is C21H18O6. The topological polar surface area (TPSA) is 82.8 Å². The van der Waals surface area contributed by atoms with E-state index in [0.717, 1.165) is 10.9 Å². The summed E-state index contributed by atoms with van der Waals surface area (Å²) in [7, 11) is 0. The maximum absolute atomic E-state index is 12.0. The second-order valence-electron chi connectivity index (χ2n) is 5.97. The molecule has 6 heteroatoms. The zero-order chi connectivity index (χ0) is 19.4. The maximum atomic E-state index is 12.0. The molecule has 0 bridgehead atoms. The summed E-state index contributed by atoms with van der Waals surface area (Å²) in [4.78, 5) is 35.0. The lowest BCUT2D eigenvalue weighted by atomic mass is 10.1. The van der Waals surface area contributed by atoms with Gasteiger partial charge in [-0.1, -0.05) is 6.92 Å². The van der Waals surface area contributed by atoms with Crippen molar-refractivity contribution in [2.45, 2.75) is 20.3 Å². The number of carbonyl (C=O) groups is 2. The van der Waals surface area contributed by atoms with E-state index < -0.39 is 11.6 Å². The van der Waals surface area contributed by atoms with Gasteiger partial charge in [-0.2, -0.15) is 0 Å². The first-order valence-electron chi connectivity index (χ1n) is 8.47. The van der Waals surface area contributed by atoms with Crippen molar-refractivity contribution < 1.29 is 23.5 Å². The van der Waals surface area contributed by atoms with Gasteiger partial charge >= 0.3 is 11.6 Å². The minimum absolute atomic E-state index is 0.0409. The summed E-state index contributed by atoms with van der Waals surface area (Å²) in [6.07, 6.45) is 0.429. The van der Waals surface area contributed by atoms with Crippen LogP contribution in [0.3, 0.4) is 0 Å². The fourth-order valence-electron chi connectivity index (χ4n) is 2.61. The predicted octanol–water partition coefficient (Wildman–Crippen LogP) is 3.68. The fraction of sp³-hybridized carbons (Fsp3) is 0.190. The standard InChI is InChI=1S/C21H18O6/c1-3-18(22)14-4-6-15(7-5-14)25-12-21(24)26-16-8-9-17-13(2)10-20(23)27-19(17)11-16/h4-11H,3,12H2,1-2H3. The van der Waals surface area contributed by atoms with Crippen LogP contribution in [-0.2, 0) is 4.79 Å². The molecule has 27 heavy (non-hydrogen) atoms. The van der Waals surface area contributed by atoms with Gasteiger partial charge in [0.1, 0.15) is 17.1 Å². The number of ether oxygens (including phenoxy) is 2. The molecule has 0 unspecified atom stereocenters. The van der Waals surface area contributed by atoms with Gasteiger partial charge in [-0.3, -0.25) is 4.79 Å². The van der Waals surface area contributed by atoms with Crippen LogP contribution in [0.15, 0.2) is 57.7 Å². The summed E-state index contributed by atoms with van der Waals surface area (Å²) >= 11 is 0. The molecule has 0 amide bonds. The Morgan fingerprint density at radius 1 is 1.00 bits per heavy atom. The minimum Gasteiger partial charge on any atom is -0.482 e. The van der Waals surface area contributed by atoms with Gasteiger partial charge in [0.2, 0.25) is 0 Å². The van der Waals surface area contributed by atoms with Gasteiger partial charge in [0, 0.05) is 29.5 Å². The summed E-state index contributed by atoms with van der Waals surface area (Å²) in [5, 5.41) is 0.771. The molecule has 1 heterocycles. The molecule has 0 atom stereocenters. The van der Waals surface area contributed by atoms with E-state index in [4.69, 9.17) is 13.9 Å². The monoisotopic (exact) mass is 366 g/mol. The van der Waals surface area contributed by atoms with Crippen LogP contribution < -0.4 is 15.1 Å². The highest BCUT2D eigenvalue weighted by Gasteiger charge is 2.10. The third-order valence-electron chi connectivity index (χ3n) is 4.01. The number of esters is 1. The summed E-state index contributed by atoms with van der Waals surface area (Å²) in [6.45, 7) is 3.30. The second-order valence-corrected chi connectivity index (χ2v) is 5.97. The molecule has 0 aliphatic rings. The Kier molecular flexibility index (Phi) is 5.35. The molecule has 2 aromatic carbocycles. The maximum Gasteiger partial charge on any atom is 0.349 e. The van der Waals surface area contributed by atoms with E-state index in [9.17, 15) is 14.4 Å². The molecule has 0 aliphatic carbocycles. The molecule has 0 fully saturated rings. The van der Waals surface area contributed by atoms with Gasteiger partial charge in [0.25, 0.3) is 0 Å². The van der Waals surface area contributed by atoms with Crippen LogP contribution in [0, 0.1) is 6.92 Å². The quantitative estimate of drug-likeness (QED) is 0.286. The molecule has 3 rings (SSSR count). The molecule has 0 saturated heterocycles. The number of hydrogen-bond acceptors (Lipinski definition) is 6. The predicted molar refractivity (Wildman–Crippen MR) is 99.4 cm³/mol. The van der Waals surface area contributed by atoms with Crippen molar-refractivity contribution in [1.29, 1.82) is 0 Å². The number of ketones is 1. The van der Waals surface area contributed by atoms with Crippen LogP contribution in [-0.4, -0.2) is 18.4 Å². The molecule has 1 aromatic heterocycles. The Morgan fingerprint density at radius 3 is 2.41 bits per heavy atom. The van der Waals surface area contributed by atoms with Gasteiger partial charge in [-0.05, 0) is 48.9 Å². The Hall–Kier alpha value is -3.41. The number of aryl methyl sites for hydroxylation is 1. The SMILES string of the molecule is CCC(=O)c1ccc(OCC(=O)Oc2ccc3c(C)cc(=O)oc3c2)cc1. The third kappa shape index (κ3) is 4.41. The molecule has 138 valence electrons. The van der Waals surface area contributed by atoms with E-state index >= 15 is 0 Å². The summed E-state index contributed by atoms with van der Waals surface area (Å²) in [5.41, 5.74) is 1.27. The molecule has 0 aliphatic heterocycles. The average Bonchev–Trinajstić information content (AvgIpc) is 2.65. The zero-order valence-corrected chi connectivity index (χ0v) is 15.0. The molecule has 6 nitrogen and oxygen atoms in total. The van der Waals surface area contributed by atoms with Gasteiger partial charge in [-0.15, -0.1) is 0 Å². The highest BCUT2D eigenvalue weighted by molar-refractivity contribution is 5.95. The smallest absolute Gasteiger partial charge is 0.349 e. The van der Waals surface area contributed by atoms with Crippen LogP contribution in [0.4, 0.5) is 0 Å². The first-order chi connectivity index (χ1) is 13.0. The van der Waals surface area contributed by atoms with E-state index in [1.54, 1.807) is 50.2 Å². The van der Waals surface area contributed by atoms with Crippen molar-refractivity contribution in [2.75, 3.05) is 6.61 Å². The molecule has 3 aromatic rings. The van der Waals surface area contributed by atoms with E-state index in [-0.39, 0.29) is 18.1 Å². The average molecular weight is 366 g/mol. The van der Waals surface area contributed by atoms with Crippen molar-refractivity contribution in [3.8, 4) is 11.5 Å². The second kappa shape index (κ2) is 7.86. The van der Waals surface area contributed by atoms with Crippen molar-refractivity contribution in [3.63, 3.8) is 0 Å². The van der Waals surface area contributed by atoms with Crippen LogP contribution in [0.2, 0.25) is 0 Å². The van der Waals surface area contributed by atoms with E-state index in [1.807, 2.05) is 0 Å². The van der Waals surface area contributed by atoms with Crippen LogP contribution in [0.1, 0.15) is 29.3 Å². The van der Waals surface area contributed by atoms with Gasteiger partial charge in [0.05, 0.1) is 0 Å². The first kappa shape index (κ1) is 18.4. The van der Waals surface area contributed by atoms with E-state index in [2.05, 4.69) is 0 Å². The lowest BCUT2D eigenvalue weighted by Crippen LogP contribution is -2.17. The zero-order valence-electron chi connectivity index (χ0n) is 15.0. The summed E-state index contributed by atoms with van der Waals surface area (Å²) < 4.78 is 15.7. The fourth-order valence-corrected chi connectivity index (χ4v) is 2.61. The molecule has 0 N–H and O–H groups in total. The Balaban J connectivity index is 1.63. The third-order valence-corrected chi connectivity index (χ3v) is 4.01. The first-order valence-corrected chi connectivity index (χ1v) is 8.47. The lowest BCUT2D eigenvalue weighted by molar-refractivity contribution is -0.136. The molecule has 0 radical (unpaired) electrons. The van der Waals surface area contributed by atoms with Gasteiger partial charge in [0.15, 0.2) is 12.4 Å². The van der Waals surface area contributed by atoms with E-state index in [1.165, 1.54) is 12.1 Å². The number of benzene rings is 2. The normalized spacial score (nSPS) is 10.6. The number of Topliss-reactive ketones (excluding diaryl/α,β-unsaturated/α-hetero) is 1. The molecule has 0 saturated carbocycles. The van der Waals surface area contributed by atoms with Gasteiger partial charge < -0.3 is 13.9 Å². The van der Waals surface area contributed by atoms with Crippen molar-refractivity contribution >= 4 is 22.7 Å². The summed E-state index contributed by atoms with van der Waals surface area (Å²) in [6, 6.07) is 12.8. The highest BCUT2D eigenvalue weighted by Crippen LogP contribution is 2.22. The van der Waals surface area contributed by atoms with Crippen molar-refractivity contribution in [1.82, 2.24) is 0 Å².